The van der Waals surface area contributed by atoms with E-state index in [4.69, 9.17) is 20.5 Å². The van der Waals surface area contributed by atoms with Crippen LogP contribution in [0.1, 0.15) is 12.5 Å². The second-order valence-electron chi connectivity index (χ2n) is 3.56. The van der Waals surface area contributed by atoms with Gasteiger partial charge in [-0.05, 0) is 24.6 Å². The topological polar surface area (TPSA) is 69.7 Å². The van der Waals surface area contributed by atoms with Gasteiger partial charge in [0.25, 0.3) is 0 Å². The lowest BCUT2D eigenvalue weighted by molar-refractivity contribution is -0.142. The molecule has 0 saturated heterocycles. The Balaban J connectivity index is 2.90. The Kier molecular flexibility index (Phi) is 4.98. The minimum atomic E-state index is -3.62. The zero-order valence-electron chi connectivity index (χ0n) is 9.97. The normalized spacial score (nSPS) is 11.1. The van der Waals surface area contributed by atoms with E-state index in [9.17, 15) is 13.2 Å². The summed E-state index contributed by atoms with van der Waals surface area (Å²) in [6.07, 6.45) is 0.938. The summed E-state index contributed by atoms with van der Waals surface area (Å²) in [7, 11) is -3.62. The molecule has 0 unspecified atom stereocenters. The van der Waals surface area contributed by atoms with Crippen molar-refractivity contribution in [2.24, 2.45) is 0 Å². The summed E-state index contributed by atoms with van der Waals surface area (Å²) >= 11 is 5.81. The lowest BCUT2D eigenvalue weighted by atomic mass is 10.1. The fourth-order valence-electron chi connectivity index (χ4n) is 1.32. The Bertz CT molecular complexity index is 538. The average Bonchev–Trinajstić information content (AvgIpc) is 2.13. The minimum Gasteiger partial charge on any atom is -0.466 e. The lowest BCUT2D eigenvalue weighted by Gasteiger charge is -2.07. The van der Waals surface area contributed by atoms with Crippen LogP contribution in [0, 0.1) is 0 Å². The van der Waals surface area contributed by atoms with E-state index in [0.29, 0.717) is 5.56 Å². The predicted molar refractivity (Wildman–Crippen MR) is 67.3 cm³/mol. The predicted octanol–water partition coefficient (Wildman–Crippen LogP) is 1.78. The smallest absolute Gasteiger partial charge is 0.310 e. The van der Waals surface area contributed by atoms with Crippen molar-refractivity contribution in [3.05, 3.63) is 28.8 Å². The molecule has 100 valence electrons. The molecule has 0 aliphatic carbocycles. The molecule has 18 heavy (non-hydrogen) atoms. The van der Waals surface area contributed by atoms with Crippen LogP contribution in [-0.4, -0.2) is 27.2 Å². The van der Waals surface area contributed by atoms with Crippen molar-refractivity contribution in [2.75, 3.05) is 12.9 Å². The molecule has 0 heterocycles. The number of esters is 1. The van der Waals surface area contributed by atoms with Gasteiger partial charge in [0.1, 0.15) is 5.75 Å². The summed E-state index contributed by atoms with van der Waals surface area (Å²) in [5, 5.41) is 0.287. The van der Waals surface area contributed by atoms with Crippen molar-refractivity contribution >= 4 is 27.7 Å². The van der Waals surface area contributed by atoms with E-state index in [1.165, 1.54) is 12.1 Å². The first kappa shape index (κ1) is 14.8. The fraction of sp³-hybridized carbons (Fsp3) is 0.364. The van der Waals surface area contributed by atoms with Crippen molar-refractivity contribution < 1.29 is 22.1 Å². The Morgan fingerprint density at radius 3 is 2.56 bits per heavy atom. The first-order chi connectivity index (χ1) is 8.30. The Hall–Kier alpha value is -1.27. The van der Waals surface area contributed by atoms with Gasteiger partial charge in [0, 0.05) is 11.1 Å². The second kappa shape index (κ2) is 6.06. The van der Waals surface area contributed by atoms with Crippen LogP contribution in [0.3, 0.4) is 0 Å². The number of carbonyl (C=O) groups excluding carboxylic acids is 1. The van der Waals surface area contributed by atoms with Gasteiger partial charge in [-0.25, -0.2) is 0 Å². The van der Waals surface area contributed by atoms with E-state index in [1.54, 1.807) is 13.0 Å². The zero-order valence-corrected chi connectivity index (χ0v) is 11.5. The molecule has 0 fully saturated rings. The maximum absolute atomic E-state index is 11.3. The third-order valence-corrected chi connectivity index (χ3v) is 2.55. The Labute approximate surface area is 111 Å². The maximum atomic E-state index is 11.3. The number of hydrogen-bond donors (Lipinski definition) is 0. The molecule has 0 aromatic heterocycles. The van der Waals surface area contributed by atoms with E-state index in [2.05, 4.69) is 0 Å². The highest BCUT2D eigenvalue weighted by Gasteiger charge is 2.10. The van der Waals surface area contributed by atoms with Crippen molar-refractivity contribution in [2.45, 2.75) is 13.3 Å². The van der Waals surface area contributed by atoms with Crippen LogP contribution in [0.2, 0.25) is 5.02 Å². The van der Waals surface area contributed by atoms with Crippen LogP contribution in [-0.2, 0) is 26.1 Å². The van der Waals surface area contributed by atoms with Gasteiger partial charge in [-0.15, -0.1) is 0 Å². The fourth-order valence-corrected chi connectivity index (χ4v) is 2.02. The van der Waals surface area contributed by atoms with Gasteiger partial charge in [0.15, 0.2) is 0 Å². The van der Waals surface area contributed by atoms with Crippen LogP contribution in [0.15, 0.2) is 18.2 Å². The first-order valence-corrected chi connectivity index (χ1v) is 7.34. The van der Waals surface area contributed by atoms with Crippen LogP contribution in [0.5, 0.6) is 5.75 Å². The number of hydrogen-bond acceptors (Lipinski definition) is 5. The molecule has 0 atom stereocenters. The lowest BCUT2D eigenvalue weighted by Crippen LogP contribution is -2.09. The monoisotopic (exact) mass is 292 g/mol. The number of carbonyl (C=O) groups is 1. The Morgan fingerprint density at radius 2 is 2.00 bits per heavy atom. The minimum absolute atomic E-state index is 0.00845. The number of halogens is 1. The number of ether oxygens (including phenoxy) is 1. The third kappa shape index (κ3) is 5.37. The van der Waals surface area contributed by atoms with Gasteiger partial charge in [-0.3, -0.25) is 4.79 Å². The van der Waals surface area contributed by atoms with Crippen LogP contribution in [0.25, 0.3) is 0 Å². The van der Waals surface area contributed by atoms with Crippen molar-refractivity contribution in [3.8, 4) is 5.75 Å². The number of rotatable bonds is 5. The van der Waals surface area contributed by atoms with Crippen molar-refractivity contribution in [3.63, 3.8) is 0 Å². The van der Waals surface area contributed by atoms with E-state index in [-0.39, 0.29) is 23.8 Å². The molecule has 0 saturated carbocycles. The third-order valence-electron chi connectivity index (χ3n) is 1.83. The van der Waals surface area contributed by atoms with Gasteiger partial charge >= 0.3 is 16.1 Å². The van der Waals surface area contributed by atoms with Gasteiger partial charge in [-0.2, -0.15) is 8.42 Å². The van der Waals surface area contributed by atoms with Crippen molar-refractivity contribution in [1.29, 1.82) is 0 Å². The molecule has 1 aromatic rings. The molecule has 1 rings (SSSR count). The summed E-state index contributed by atoms with van der Waals surface area (Å²) in [6, 6.07) is 4.34. The van der Waals surface area contributed by atoms with Crippen LogP contribution < -0.4 is 4.18 Å². The molecule has 5 nitrogen and oxygen atoms in total. The van der Waals surface area contributed by atoms with E-state index in [0.717, 1.165) is 6.26 Å². The Morgan fingerprint density at radius 1 is 1.33 bits per heavy atom. The molecule has 0 aliphatic rings. The highest BCUT2D eigenvalue weighted by atomic mass is 35.5. The summed E-state index contributed by atoms with van der Waals surface area (Å²) in [5.74, 6) is -0.339. The summed E-state index contributed by atoms with van der Waals surface area (Å²) in [6.45, 7) is 1.99. The van der Waals surface area contributed by atoms with E-state index in [1.807, 2.05) is 0 Å². The summed E-state index contributed by atoms with van der Waals surface area (Å²) in [5.41, 5.74) is 0.527. The zero-order chi connectivity index (χ0) is 13.8. The van der Waals surface area contributed by atoms with Crippen LogP contribution >= 0.6 is 11.6 Å². The molecular formula is C11H13ClO5S. The average molecular weight is 293 g/mol. The van der Waals surface area contributed by atoms with Gasteiger partial charge in [0.05, 0.1) is 19.3 Å². The molecule has 0 aliphatic heterocycles. The molecule has 1 aromatic carbocycles. The molecule has 0 radical (unpaired) electrons. The summed E-state index contributed by atoms with van der Waals surface area (Å²) < 4.78 is 31.5. The SMILES string of the molecule is CCOC(=O)Cc1cc(Cl)cc(OS(C)(=O)=O)c1. The first-order valence-electron chi connectivity index (χ1n) is 5.14. The highest BCUT2D eigenvalue weighted by Crippen LogP contribution is 2.22. The van der Waals surface area contributed by atoms with Crippen molar-refractivity contribution in [1.82, 2.24) is 0 Å². The largest absolute Gasteiger partial charge is 0.466 e. The maximum Gasteiger partial charge on any atom is 0.310 e. The quantitative estimate of drug-likeness (QED) is 0.611. The van der Waals surface area contributed by atoms with E-state index < -0.39 is 16.1 Å². The molecule has 7 heteroatoms. The number of benzene rings is 1. The van der Waals surface area contributed by atoms with Gasteiger partial charge in [0.2, 0.25) is 0 Å². The van der Waals surface area contributed by atoms with Gasteiger partial charge in [-0.1, -0.05) is 11.6 Å². The van der Waals surface area contributed by atoms with E-state index >= 15 is 0 Å². The molecule has 0 N–H and O–H groups in total. The second-order valence-corrected chi connectivity index (χ2v) is 5.58. The van der Waals surface area contributed by atoms with Gasteiger partial charge < -0.3 is 8.92 Å². The molecule has 0 bridgehead atoms. The van der Waals surface area contributed by atoms with Crippen LogP contribution in [0.4, 0.5) is 0 Å². The molecular weight excluding hydrogens is 280 g/mol. The standard InChI is InChI=1S/C11H13ClO5S/c1-3-16-11(13)6-8-4-9(12)7-10(5-8)17-18(2,14)15/h4-5,7H,3,6H2,1-2H3. The summed E-state index contributed by atoms with van der Waals surface area (Å²) in [4.78, 5) is 11.3. The molecule has 0 spiro atoms. The highest BCUT2D eigenvalue weighted by molar-refractivity contribution is 7.86. The molecule has 0 amide bonds.